The fourth-order valence-corrected chi connectivity index (χ4v) is 3.86. The lowest BCUT2D eigenvalue weighted by Gasteiger charge is -2.20. The van der Waals surface area contributed by atoms with Crippen molar-refractivity contribution in [2.45, 2.75) is 12.3 Å². The van der Waals surface area contributed by atoms with E-state index in [0.29, 0.717) is 6.42 Å². The third kappa shape index (κ3) is 4.05. The van der Waals surface area contributed by atoms with Gasteiger partial charge in [-0.1, -0.05) is 76.7 Å². The maximum Gasteiger partial charge on any atom is 0.152 e. The van der Waals surface area contributed by atoms with Crippen molar-refractivity contribution in [1.29, 1.82) is 0 Å². The Labute approximate surface area is 171 Å². The summed E-state index contributed by atoms with van der Waals surface area (Å²) in [6.07, 6.45) is 0.635. The number of rotatable bonds is 4. The SMILES string of the molecule is Oc1c(Cl)cc(C(Cc2ccccc2)c2cc(Cl)c(O)c(Cl)c2)cc1Cl. The lowest BCUT2D eigenvalue weighted by atomic mass is 9.86. The van der Waals surface area contributed by atoms with Crippen LogP contribution in [-0.4, -0.2) is 10.2 Å². The minimum atomic E-state index is -0.177. The molecule has 0 aliphatic rings. The van der Waals surface area contributed by atoms with Gasteiger partial charge in [-0.05, 0) is 47.4 Å². The van der Waals surface area contributed by atoms with E-state index in [1.54, 1.807) is 24.3 Å². The summed E-state index contributed by atoms with van der Waals surface area (Å²) >= 11 is 24.5. The fraction of sp³-hybridized carbons (Fsp3) is 0.100. The normalized spacial score (nSPS) is 11.1. The van der Waals surface area contributed by atoms with Gasteiger partial charge in [0.15, 0.2) is 11.5 Å². The van der Waals surface area contributed by atoms with Crippen molar-refractivity contribution in [2.75, 3.05) is 0 Å². The summed E-state index contributed by atoms with van der Waals surface area (Å²) < 4.78 is 0. The van der Waals surface area contributed by atoms with Gasteiger partial charge in [-0.25, -0.2) is 0 Å². The van der Waals surface area contributed by atoms with Crippen molar-refractivity contribution in [3.63, 3.8) is 0 Å². The number of phenols is 2. The van der Waals surface area contributed by atoms with Crippen molar-refractivity contribution < 1.29 is 10.2 Å². The van der Waals surface area contributed by atoms with Gasteiger partial charge in [0.25, 0.3) is 0 Å². The van der Waals surface area contributed by atoms with Crippen molar-refractivity contribution in [2.24, 2.45) is 0 Å². The van der Waals surface area contributed by atoms with Gasteiger partial charge < -0.3 is 10.2 Å². The third-order valence-electron chi connectivity index (χ3n) is 4.17. The summed E-state index contributed by atoms with van der Waals surface area (Å²) in [4.78, 5) is 0. The molecule has 3 rings (SSSR count). The summed E-state index contributed by atoms with van der Waals surface area (Å²) in [6.45, 7) is 0. The van der Waals surface area contributed by atoms with Crippen LogP contribution in [0.25, 0.3) is 0 Å². The molecule has 0 spiro atoms. The molecule has 2 nitrogen and oxygen atoms in total. The number of hydrogen-bond donors (Lipinski definition) is 2. The highest BCUT2D eigenvalue weighted by Crippen LogP contribution is 2.41. The lowest BCUT2D eigenvalue weighted by Crippen LogP contribution is -2.06. The summed E-state index contributed by atoms with van der Waals surface area (Å²) in [5.41, 5.74) is 2.71. The Morgan fingerprint density at radius 1 is 0.654 bits per heavy atom. The molecule has 0 aliphatic heterocycles. The maximum absolute atomic E-state index is 9.86. The first kappa shape index (κ1) is 19.2. The zero-order valence-corrected chi connectivity index (χ0v) is 16.4. The Hall–Kier alpha value is -1.58. The van der Waals surface area contributed by atoms with E-state index in [1.807, 2.05) is 30.3 Å². The smallest absolute Gasteiger partial charge is 0.152 e. The second-order valence-electron chi connectivity index (χ2n) is 5.91. The monoisotopic (exact) mass is 426 g/mol. The van der Waals surface area contributed by atoms with Crippen LogP contribution in [0, 0.1) is 0 Å². The van der Waals surface area contributed by atoms with Crippen molar-refractivity contribution in [3.8, 4) is 11.5 Å². The molecule has 0 bridgehead atoms. The predicted octanol–water partition coefficient (Wildman–Crippen LogP) is 7.09. The van der Waals surface area contributed by atoms with Gasteiger partial charge in [0.1, 0.15) is 0 Å². The molecule has 134 valence electrons. The summed E-state index contributed by atoms with van der Waals surface area (Å²) in [5.74, 6) is -0.488. The molecule has 0 heterocycles. The highest BCUT2D eigenvalue weighted by atomic mass is 35.5. The standard InChI is InChI=1S/C20H14Cl4O2/c21-15-7-12(8-16(22)19(15)25)14(6-11-4-2-1-3-5-11)13-9-17(23)20(26)18(24)10-13/h1-5,7-10,14,25-26H,6H2. The zero-order chi connectivity index (χ0) is 18.8. The van der Waals surface area contributed by atoms with Gasteiger partial charge in [0.2, 0.25) is 0 Å². The number of halogens is 4. The van der Waals surface area contributed by atoms with Crippen LogP contribution in [0.5, 0.6) is 11.5 Å². The fourth-order valence-electron chi connectivity index (χ4n) is 2.85. The van der Waals surface area contributed by atoms with Crippen LogP contribution >= 0.6 is 46.4 Å². The molecule has 0 saturated carbocycles. The third-order valence-corrected chi connectivity index (χ3v) is 5.32. The minimum absolute atomic E-state index is 0.155. The van der Waals surface area contributed by atoms with Crippen molar-refractivity contribution >= 4 is 46.4 Å². The lowest BCUT2D eigenvalue weighted by molar-refractivity contribution is 0.475. The van der Waals surface area contributed by atoms with E-state index in [4.69, 9.17) is 46.4 Å². The van der Waals surface area contributed by atoms with Crippen LogP contribution < -0.4 is 0 Å². The van der Waals surface area contributed by atoms with Crippen molar-refractivity contribution in [1.82, 2.24) is 0 Å². The van der Waals surface area contributed by atoms with E-state index < -0.39 is 0 Å². The second kappa shape index (κ2) is 7.98. The van der Waals surface area contributed by atoms with Crippen LogP contribution in [0.15, 0.2) is 54.6 Å². The molecule has 0 fully saturated rings. The molecule has 0 amide bonds. The highest BCUT2D eigenvalue weighted by molar-refractivity contribution is 6.37. The molecule has 6 heteroatoms. The number of aromatic hydroxyl groups is 2. The zero-order valence-electron chi connectivity index (χ0n) is 13.4. The van der Waals surface area contributed by atoms with Gasteiger partial charge in [0.05, 0.1) is 20.1 Å². The molecule has 0 aliphatic carbocycles. The molecule has 0 radical (unpaired) electrons. The highest BCUT2D eigenvalue weighted by Gasteiger charge is 2.20. The molecule has 0 aromatic heterocycles. The number of benzene rings is 3. The van der Waals surface area contributed by atoms with Crippen LogP contribution in [0.2, 0.25) is 20.1 Å². The molecular formula is C20H14Cl4O2. The van der Waals surface area contributed by atoms with Gasteiger partial charge in [-0.3, -0.25) is 0 Å². The van der Waals surface area contributed by atoms with E-state index in [2.05, 4.69) is 0 Å². The largest absolute Gasteiger partial charge is 0.505 e. The van der Waals surface area contributed by atoms with Crippen LogP contribution in [-0.2, 0) is 6.42 Å². The predicted molar refractivity (Wildman–Crippen MR) is 108 cm³/mol. The van der Waals surface area contributed by atoms with E-state index in [-0.39, 0.29) is 37.5 Å². The molecule has 26 heavy (non-hydrogen) atoms. The molecule has 3 aromatic carbocycles. The summed E-state index contributed by atoms with van der Waals surface area (Å²) in [7, 11) is 0. The average molecular weight is 428 g/mol. The Balaban J connectivity index is 2.14. The van der Waals surface area contributed by atoms with Gasteiger partial charge in [-0.15, -0.1) is 0 Å². The van der Waals surface area contributed by atoms with Crippen LogP contribution in [0.3, 0.4) is 0 Å². The Morgan fingerprint density at radius 2 is 1.04 bits per heavy atom. The van der Waals surface area contributed by atoms with Gasteiger partial charge >= 0.3 is 0 Å². The molecule has 3 aromatic rings. The molecule has 0 unspecified atom stereocenters. The minimum Gasteiger partial charge on any atom is -0.505 e. The first-order valence-electron chi connectivity index (χ1n) is 7.76. The summed E-state index contributed by atoms with van der Waals surface area (Å²) in [6, 6.07) is 16.6. The van der Waals surface area contributed by atoms with Crippen molar-refractivity contribution in [3.05, 3.63) is 91.4 Å². The maximum atomic E-state index is 9.86. The first-order valence-corrected chi connectivity index (χ1v) is 9.27. The number of phenolic OH excluding ortho intramolecular Hbond substituents is 2. The van der Waals surface area contributed by atoms with Crippen LogP contribution in [0.1, 0.15) is 22.6 Å². The van der Waals surface area contributed by atoms with Gasteiger partial charge in [-0.2, -0.15) is 0 Å². The molecule has 0 atom stereocenters. The molecular weight excluding hydrogens is 414 g/mol. The quantitative estimate of drug-likeness (QED) is 0.466. The van der Waals surface area contributed by atoms with E-state index in [9.17, 15) is 10.2 Å². The number of hydrogen-bond acceptors (Lipinski definition) is 2. The Bertz CT molecular complexity index is 838. The van der Waals surface area contributed by atoms with Gasteiger partial charge in [0, 0.05) is 5.92 Å². The summed E-state index contributed by atoms with van der Waals surface area (Å²) in [5, 5.41) is 20.4. The Morgan fingerprint density at radius 3 is 1.42 bits per heavy atom. The van der Waals surface area contributed by atoms with E-state index in [0.717, 1.165) is 16.7 Å². The first-order chi connectivity index (χ1) is 12.4. The topological polar surface area (TPSA) is 40.5 Å². The Kier molecular flexibility index (Phi) is 5.89. The average Bonchev–Trinajstić information content (AvgIpc) is 2.62. The van der Waals surface area contributed by atoms with E-state index >= 15 is 0 Å². The van der Waals surface area contributed by atoms with Crippen LogP contribution in [0.4, 0.5) is 0 Å². The van der Waals surface area contributed by atoms with E-state index in [1.165, 1.54) is 0 Å². The molecule has 0 saturated heterocycles. The second-order valence-corrected chi connectivity index (χ2v) is 7.54. The molecule has 2 N–H and O–H groups in total.